The molecule has 102 valence electrons. The molecule has 0 saturated heterocycles. The van der Waals surface area contributed by atoms with Gasteiger partial charge in [0.2, 0.25) is 0 Å². The third-order valence-corrected chi connectivity index (χ3v) is 3.64. The van der Waals surface area contributed by atoms with Crippen molar-refractivity contribution in [1.29, 1.82) is 0 Å². The van der Waals surface area contributed by atoms with E-state index in [1.54, 1.807) is 12.1 Å². The van der Waals surface area contributed by atoms with Crippen molar-refractivity contribution >= 4 is 0 Å². The lowest BCUT2D eigenvalue weighted by Crippen LogP contribution is -2.37. The van der Waals surface area contributed by atoms with E-state index in [9.17, 15) is 4.39 Å². The van der Waals surface area contributed by atoms with Gasteiger partial charge in [0, 0.05) is 6.04 Å². The van der Waals surface area contributed by atoms with Gasteiger partial charge in [-0.3, -0.25) is 0 Å². The lowest BCUT2D eigenvalue weighted by Gasteiger charge is -2.30. The van der Waals surface area contributed by atoms with E-state index in [-0.39, 0.29) is 11.2 Å². The molecule has 1 aromatic carbocycles. The second-order valence-corrected chi connectivity index (χ2v) is 6.17. The van der Waals surface area contributed by atoms with E-state index in [0.29, 0.717) is 6.04 Å². The fourth-order valence-corrected chi connectivity index (χ4v) is 2.45. The molecule has 18 heavy (non-hydrogen) atoms. The van der Waals surface area contributed by atoms with E-state index >= 15 is 0 Å². The molecule has 0 spiro atoms. The summed E-state index contributed by atoms with van der Waals surface area (Å²) in [5.74, 6) is -0.140. The molecule has 0 bridgehead atoms. The molecule has 0 aliphatic heterocycles. The molecule has 0 aliphatic carbocycles. The van der Waals surface area contributed by atoms with Crippen molar-refractivity contribution in [3.05, 3.63) is 35.1 Å². The van der Waals surface area contributed by atoms with Crippen LogP contribution in [0.1, 0.15) is 44.7 Å². The number of hydrogen-bond acceptors (Lipinski definition) is 1. The van der Waals surface area contributed by atoms with E-state index in [2.05, 4.69) is 26.1 Å². The Labute approximate surface area is 111 Å². The Morgan fingerprint density at radius 1 is 1.28 bits per heavy atom. The summed E-state index contributed by atoms with van der Waals surface area (Å²) >= 11 is 0. The minimum absolute atomic E-state index is 0.140. The summed E-state index contributed by atoms with van der Waals surface area (Å²) in [4.78, 5) is 0. The van der Waals surface area contributed by atoms with Gasteiger partial charge in [-0.15, -0.1) is 0 Å². The molecule has 1 N–H and O–H groups in total. The Hall–Kier alpha value is -0.890. The van der Waals surface area contributed by atoms with Crippen LogP contribution in [-0.2, 0) is 6.42 Å². The van der Waals surface area contributed by atoms with E-state index in [1.807, 2.05) is 20.0 Å². The maximum absolute atomic E-state index is 13.0. The molecular weight excluding hydrogens is 225 g/mol. The lowest BCUT2D eigenvalue weighted by atomic mass is 9.83. The predicted octanol–water partition coefficient (Wildman–Crippen LogP) is 4.09. The maximum atomic E-state index is 13.0. The third-order valence-electron chi connectivity index (χ3n) is 3.64. The van der Waals surface area contributed by atoms with Gasteiger partial charge in [-0.2, -0.15) is 0 Å². The molecule has 1 rings (SSSR count). The zero-order valence-electron chi connectivity index (χ0n) is 12.3. The first kappa shape index (κ1) is 15.2. The lowest BCUT2D eigenvalue weighted by molar-refractivity contribution is 0.263. The van der Waals surface area contributed by atoms with Crippen LogP contribution in [0.3, 0.4) is 0 Å². The molecule has 0 radical (unpaired) electrons. The van der Waals surface area contributed by atoms with Gasteiger partial charge in [-0.05, 0) is 61.9 Å². The predicted molar refractivity (Wildman–Crippen MR) is 76.4 cm³/mol. The van der Waals surface area contributed by atoms with Crippen molar-refractivity contribution in [3.8, 4) is 0 Å². The van der Waals surface area contributed by atoms with Gasteiger partial charge in [-0.1, -0.05) is 26.8 Å². The van der Waals surface area contributed by atoms with Gasteiger partial charge in [0.25, 0.3) is 0 Å². The molecule has 1 aromatic rings. The van der Waals surface area contributed by atoms with Crippen LogP contribution in [0.4, 0.5) is 4.39 Å². The molecule has 0 heterocycles. The molecular formula is C16H26FN. The fraction of sp³-hybridized carbons (Fsp3) is 0.625. The summed E-state index contributed by atoms with van der Waals surface area (Å²) in [6.45, 7) is 8.77. The molecule has 0 aromatic heterocycles. The smallest absolute Gasteiger partial charge is 0.123 e. The molecule has 0 fully saturated rings. The van der Waals surface area contributed by atoms with Crippen LogP contribution >= 0.6 is 0 Å². The second kappa shape index (κ2) is 6.33. The van der Waals surface area contributed by atoms with Crippen LogP contribution in [0.25, 0.3) is 0 Å². The first-order chi connectivity index (χ1) is 8.34. The number of aryl methyl sites for hydroxylation is 2. The molecule has 0 saturated carbocycles. The fourth-order valence-electron chi connectivity index (χ4n) is 2.45. The Bertz CT molecular complexity index is 379. The van der Waals surface area contributed by atoms with Crippen LogP contribution in [0.15, 0.2) is 18.2 Å². The highest BCUT2D eigenvalue weighted by Crippen LogP contribution is 2.23. The largest absolute Gasteiger partial charge is 0.316 e. The highest BCUT2D eigenvalue weighted by Gasteiger charge is 2.22. The van der Waals surface area contributed by atoms with Crippen molar-refractivity contribution in [3.63, 3.8) is 0 Å². The number of benzene rings is 1. The molecule has 0 aliphatic rings. The molecule has 0 amide bonds. The van der Waals surface area contributed by atoms with Gasteiger partial charge >= 0.3 is 0 Å². The van der Waals surface area contributed by atoms with Crippen LogP contribution < -0.4 is 5.32 Å². The summed E-state index contributed by atoms with van der Waals surface area (Å²) in [7, 11) is 2.03. The highest BCUT2D eigenvalue weighted by atomic mass is 19.1. The molecule has 1 nitrogen and oxygen atoms in total. The summed E-state index contributed by atoms with van der Waals surface area (Å²) < 4.78 is 13.0. The van der Waals surface area contributed by atoms with Crippen LogP contribution in [-0.4, -0.2) is 13.1 Å². The van der Waals surface area contributed by atoms with Gasteiger partial charge in [0.05, 0.1) is 0 Å². The van der Waals surface area contributed by atoms with Crippen molar-refractivity contribution < 1.29 is 4.39 Å². The Kier molecular flexibility index (Phi) is 5.33. The maximum Gasteiger partial charge on any atom is 0.123 e. The first-order valence-electron chi connectivity index (χ1n) is 6.77. The topological polar surface area (TPSA) is 12.0 Å². The summed E-state index contributed by atoms with van der Waals surface area (Å²) in [6, 6.07) is 5.62. The summed E-state index contributed by atoms with van der Waals surface area (Å²) in [5.41, 5.74) is 2.61. The molecule has 2 heteroatoms. The third kappa shape index (κ3) is 4.41. The summed E-state index contributed by atoms with van der Waals surface area (Å²) in [6.07, 6.45) is 3.31. The average Bonchev–Trinajstić information content (AvgIpc) is 2.25. The van der Waals surface area contributed by atoms with Crippen molar-refractivity contribution in [1.82, 2.24) is 5.32 Å². The van der Waals surface area contributed by atoms with Crippen LogP contribution in [0, 0.1) is 18.2 Å². The number of hydrogen-bond donors (Lipinski definition) is 1. The highest BCUT2D eigenvalue weighted by molar-refractivity contribution is 5.26. The number of nitrogens with one attached hydrogen (secondary N) is 1. The first-order valence-corrected chi connectivity index (χ1v) is 6.77. The normalized spacial score (nSPS) is 13.7. The standard InChI is InChI=1S/C16H26FN/c1-12-11-14(17)10-9-13(12)7-6-8-15(18-5)16(2,3)4/h9-11,15,18H,6-8H2,1-5H3. The summed E-state index contributed by atoms with van der Waals surface area (Å²) in [5, 5.41) is 3.39. The SMILES string of the molecule is CNC(CCCc1ccc(F)cc1C)C(C)(C)C. The van der Waals surface area contributed by atoms with Gasteiger partial charge in [0.15, 0.2) is 0 Å². The van der Waals surface area contributed by atoms with E-state index in [1.165, 1.54) is 5.56 Å². The number of halogens is 1. The zero-order chi connectivity index (χ0) is 13.8. The van der Waals surface area contributed by atoms with Gasteiger partial charge in [0.1, 0.15) is 5.82 Å². The van der Waals surface area contributed by atoms with Crippen LogP contribution in [0.2, 0.25) is 0 Å². The Morgan fingerprint density at radius 3 is 2.44 bits per heavy atom. The monoisotopic (exact) mass is 251 g/mol. The van der Waals surface area contributed by atoms with E-state index in [4.69, 9.17) is 0 Å². The minimum atomic E-state index is -0.140. The van der Waals surface area contributed by atoms with Gasteiger partial charge < -0.3 is 5.32 Å². The number of rotatable bonds is 5. The van der Waals surface area contributed by atoms with E-state index in [0.717, 1.165) is 24.8 Å². The quantitative estimate of drug-likeness (QED) is 0.831. The van der Waals surface area contributed by atoms with E-state index < -0.39 is 0 Å². The van der Waals surface area contributed by atoms with Crippen molar-refractivity contribution in [2.24, 2.45) is 5.41 Å². The minimum Gasteiger partial charge on any atom is -0.316 e. The average molecular weight is 251 g/mol. The Morgan fingerprint density at radius 2 is 1.94 bits per heavy atom. The zero-order valence-corrected chi connectivity index (χ0v) is 12.3. The molecule has 1 atom stereocenters. The Balaban J connectivity index is 2.51. The van der Waals surface area contributed by atoms with Crippen molar-refractivity contribution in [2.45, 2.75) is 53.0 Å². The van der Waals surface area contributed by atoms with Gasteiger partial charge in [-0.25, -0.2) is 4.39 Å². The molecule has 1 unspecified atom stereocenters. The van der Waals surface area contributed by atoms with Crippen molar-refractivity contribution in [2.75, 3.05) is 7.05 Å². The second-order valence-electron chi connectivity index (χ2n) is 6.17. The van der Waals surface area contributed by atoms with Crippen LogP contribution in [0.5, 0.6) is 0 Å².